The number of fused-ring (bicyclic) bond motifs is 4. The van der Waals surface area contributed by atoms with E-state index in [1.165, 1.54) is 17.1 Å². The molecule has 0 radical (unpaired) electrons. The molecule has 0 aliphatic carbocycles. The zero-order valence-corrected chi connectivity index (χ0v) is 29.4. The second-order valence-corrected chi connectivity index (χ2v) is 13.2. The topological polar surface area (TPSA) is 173 Å². The molecule has 2 bridgehead atoms. The molecule has 3 N–H and O–H groups in total. The van der Waals surface area contributed by atoms with Gasteiger partial charge in [0.25, 0.3) is 5.91 Å². The predicted octanol–water partition coefficient (Wildman–Crippen LogP) is 5.08. The average Bonchev–Trinajstić information content (AvgIpc) is 3.80. The summed E-state index contributed by atoms with van der Waals surface area (Å²) in [5.74, 6) is -2.38. The molecule has 3 amide bonds. The van der Waals surface area contributed by atoms with Crippen LogP contribution in [0.2, 0.25) is 0 Å². The Kier molecular flexibility index (Phi) is 12.9. The molecule has 0 unspecified atom stereocenters. The number of amides is 3. The number of anilines is 1. The predicted molar refractivity (Wildman–Crippen MR) is 190 cm³/mol. The number of pyridine rings is 1. The number of aliphatic hydroxyl groups is 1. The van der Waals surface area contributed by atoms with E-state index in [1.54, 1.807) is 51.3 Å². The van der Waals surface area contributed by atoms with Crippen molar-refractivity contribution in [1.29, 1.82) is 0 Å². The highest BCUT2D eigenvalue weighted by Crippen LogP contribution is 2.26. The van der Waals surface area contributed by atoms with Gasteiger partial charge in [-0.05, 0) is 37.3 Å². The molecule has 3 aromatic rings. The molecule has 2 aromatic heterocycles. The number of alkyl halides is 1. The van der Waals surface area contributed by atoms with Crippen LogP contribution in [-0.2, 0) is 25.5 Å². The fraction of sp³-hybridized carbons (Fsp3) is 0.421. The summed E-state index contributed by atoms with van der Waals surface area (Å²) in [7, 11) is 0. The number of oxazole rings is 1. The molecular formula is C38H44FN5O8. The maximum Gasteiger partial charge on any atom is 0.412 e. The van der Waals surface area contributed by atoms with Gasteiger partial charge in [-0.2, -0.15) is 0 Å². The van der Waals surface area contributed by atoms with E-state index in [1.807, 2.05) is 24.3 Å². The summed E-state index contributed by atoms with van der Waals surface area (Å²) in [6.45, 7) is 5.57. The molecule has 2 aliphatic heterocycles. The molecular weight excluding hydrogens is 673 g/mol. The van der Waals surface area contributed by atoms with Crippen molar-refractivity contribution >= 4 is 40.5 Å². The van der Waals surface area contributed by atoms with E-state index >= 15 is 0 Å². The quantitative estimate of drug-likeness (QED) is 0.309. The van der Waals surface area contributed by atoms with Crippen molar-refractivity contribution in [3.8, 4) is 0 Å². The molecule has 1 saturated heterocycles. The lowest BCUT2D eigenvalue weighted by atomic mass is 9.93. The monoisotopic (exact) mass is 717 g/mol. The molecule has 13 nitrogen and oxygen atoms in total. The van der Waals surface area contributed by atoms with Crippen LogP contribution in [0.1, 0.15) is 56.4 Å². The summed E-state index contributed by atoms with van der Waals surface area (Å²) in [5, 5.41) is 17.5. The van der Waals surface area contributed by atoms with Gasteiger partial charge < -0.3 is 29.2 Å². The second-order valence-electron chi connectivity index (χ2n) is 13.2. The van der Waals surface area contributed by atoms with Crippen LogP contribution in [0.15, 0.2) is 83.2 Å². The molecule has 1 fully saturated rings. The number of benzene rings is 1. The highest BCUT2D eigenvalue weighted by atomic mass is 19.1. The zero-order valence-electron chi connectivity index (χ0n) is 29.4. The lowest BCUT2D eigenvalue weighted by Crippen LogP contribution is -2.44. The van der Waals surface area contributed by atoms with Crippen molar-refractivity contribution in [3.63, 3.8) is 0 Å². The SMILES string of the molecule is CC1=C[C@@H](O)C[C@@H](F)Cc2nc(co2)C(=O)N2CCC[C@@H]2C(=O)O[C@H]([C@@H](C)COC(=O)Nc2cc3ccccc3cn2)[C@H](C)/C=C/C(=O)NCC=C1. The van der Waals surface area contributed by atoms with E-state index in [4.69, 9.17) is 13.9 Å². The van der Waals surface area contributed by atoms with Gasteiger partial charge >= 0.3 is 12.1 Å². The highest BCUT2D eigenvalue weighted by molar-refractivity contribution is 5.95. The Balaban J connectivity index is 1.32. The summed E-state index contributed by atoms with van der Waals surface area (Å²) in [4.78, 5) is 62.4. The van der Waals surface area contributed by atoms with Crippen molar-refractivity contribution in [2.45, 2.75) is 70.9 Å². The largest absolute Gasteiger partial charge is 0.460 e. The third-order valence-corrected chi connectivity index (χ3v) is 8.90. The average molecular weight is 718 g/mol. The summed E-state index contributed by atoms with van der Waals surface area (Å²) >= 11 is 0. The molecule has 6 atom stereocenters. The number of nitrogens with zero attached hydrogens (tertiary/aromatic N) is 3. The third-order valence-electron chi connectivity index (χ3n) is 8.90. The number of carbonyl (C=O) groups is 4. The van der Waals surface area contributed by atoms with E-state index in [2.05, 4.69) is 20.6 Å². The number of ether oxygens (including phenoxy) is 2. The van der Waals surface area contributed by atoms with Crippen LogP contribution < -0.4 is 10.6 Å². The fourth-order valence-corrected chi connectivity index (χ4v) is 6.23. The van der Waals surface area contributed by atoms with Gasteiger partial charge in [0.05, 0.1) is 19.1 Å². The van der Waals surface area contributed by atoms with Crippen molar-refractivity contribution in [2.24, 2.45) is 11.8 Å². The Morgan fingerprint density at radius 2 is 2.00 bits per heavy atom. The van der Waals surface area contributed by atoms with E-state index in [0.29, 0.717) is 24.2 Å². The number of cyclic esters (lactones) is 1. The van der Waals surface area contributed by atoms with Gasteiger partial charge in [0, 0.05) is 42.9 Å². The molecule has 4 heterocycles. The van der Waals surface area contributed by atoms with Gasteiger partial charge in [0.2, 0.25) is 5.91 Å². The number of carbonyl (C=O) groups excluding carboxylic acids is 4. The van der Waals surface area contributed by atoms with Crippen molar-refractivity contribution in [1.82, 2.24) is 20.2 Å². The van der Waals surface area contributed by atoms with Gasteiger partial charge in [0.15, 0.2) is 11.6 Å². The first kappa shape index (κ1) is 37.9. The minimum Gasteiger partial charge on any atom is -0.460 e. The second kappa shape index (κ2) is 17.7. The van der Waals surface area contributed by atoms with Crippen molar-refractivity contribution in [3.05, 3.63) is 90.3 Å². The standard InChI is InChI=1S/C38H44FN5O8/c1-23-8-6-14-40-33(46)13-12-24(2)35(25(3)21-51-38(49)43-32-17-26-9-4-5-10-27(26)20-41-32)52-37(48)31-11-7-15-44(31)36(47)30-22-50-34(42-30)19-28(39)18-29(45)16-23/h4-6,8-10,12-13,16-17,20,22,24-25,28-29,31,35,45H,7,11,14-15,18-19,21H2,1-3H3,(H,40,46)(H,41,43,49)/b8-6?,13-12+,23-16?/t24-,25+,28-,29-,31-,35+/m1/s1. The van der Waals surface area contributed by atoms with Crippen LogP contribution in [0.3, 0.4) is 0 Å². The lowest BCUT2D eigenvalue weighted by Gasteiger charge is -2.30. The highest BCUT2D eigenvalue weighted by Gasteiger charge is 2.39. The molecule has 52 heavy (non-hydrogen) atoms. The van der Waals surface area contributed by atoms with Gasteiger partial charge in [-0.3, -0.25) is 14.9 Å². The maximum absolute atomic E-state index is 14.8. The zero-order chi connectivity index (χ0) is 37.2. The number of aliphatic hydroxyl groups excluding tert-OH is 1. The van der Waals surface area contributed by atoms with Gasteiger partial charge in [-0.15, -0.1) is 0 Å². The summed E-state index contributed by atoms with van der Waals surface area (Å²) in [6.07, 6.45) is 6.82. The van der Waals surface area contributed by atoms with Crippen LogP contribution in [0.25, 0.3) is 10.8 Å². The molecule has 14 heteroatoms. The Bertz CT molecular complexity index is 1840. The van der Waals surface area contributed by atoms with Gasteiger partial charge in [0.1, 0.15) is 30.4 Å². The fourth-order valence-electron chi connectivity index (χ4n) is 6.23. The van der Waals surface area contributed by atoms with Gasteiger partial charge in [-0.25, -0.2) is 23.9 Å². The molecule has 5 rings (SSSR count). The number of esters is 1. The number of hydrogen-bond acceptors (Lipinski definition) is 10. The van der Waals surface area contributed by atoms with E-state index in [9.17, 15) is 28.7 Å². The number of allylic oxidation sites excluding steroid dienone is 2. The first-order chi connectivity index (χ1) is 25.0. The molecule has 1 aromatic carbocycles. The number of halogens is 1. The lowest BCUT2D eigenvalue weighted by molar-refractivity contribution is -0.159. The summed E-state index contributed by atoms with van der Waals surface area (Å²) < 4.78 is 31.8. The summed E-state index contributed by atoms with van der Waals surface area (Å²) in [6, 6.07) is 8.37. The Hall–Kier alpha value is -5.37. The smallest absolute Gasteiger partial charge is 0.412 e. The van der Waals surface area contributed by atoms with E-state index in [-0.39, 0.29) is 44.1 Å². The minimum absolute atomic E-state index is 0.00830. The first-order valence-electron chi connectivity index (χ1n) is 17.3. The maximum atomic E-state index is 14.8. The Morgan fingerprint density at radius 3 is 2.81 bits per heavy atom. The van der Waals surface area contributed by atoms with Crippen LogP contribution in [-0.4, -0.2) is 88.0 Å². The molecule has 276 valence electrons. The van der Waals surface area contributed by atoms with Gasteiger partial charge in [-0.1, -0.05) is 68.0 Å². The van der Waals surface area contributed by atoms with E-state index < -0.39 is 60.1 Å². The molecule has 2 aliphatic rings. The van der Waals surface area contributed by atoms with Crippen molar-refractivity contribution in [2.75, 3.05) is 25.0 Å². The number of aromatic nitrogens is 2. The summed E-state index contributed by atoms with van der Waals surface area (Å²) in [5.41, 5.74) is 0.595. The van der Waals surface area contributed by atoms with Crippen LogP contribution in [0.4, 0.5) is 15.0 Å². The molecule has 0 saturated carbocycles. The van der Waals surface area contributed by atoms with Crippen LogP contribution in [0, 0.1) is 11.8 Å². The minimum atomic E-state index is -1.50. The Labute approximate surface area is 301 Å². The normalized spacial score (nSPS) is 25.0. The number of nitrogens with one attached hydrogen (secondary N) is 2. The first-order valence-corrected chi connectivity index (χ1v) is 17.3. The van der Waals surface area contributed by atoms with E-state index in [0.717, 1.165) is 17.0 Å². The number of rotatable bonds is 4. The Morgan fingerprint density at radius 1 is 1.21 bits per heavy atom. The number of hydrogen-bond donors (Lipinski definition) is 3. The van der Waals surface area contributed by atoms with Crippen LogP contribution in [0.5, 0.6) is 0 Å². The third kappa shape index (κ3) is 10.3. The van der Waals surface area contributed by atoms with Crippen molar-refractivity contribution < 1.29 is 42.6 Å². The van der Waals surface area contributed by atoms with Crippen LogP contribution >= 0.6 is 0 Å². The molecule has 0 spiro atoms.